The largest absolute Gasteiger partial charge is 0.486 e. The summed E-state index contributed by atoms with van der Waals surface area (Å²) in [5, 5.41) is 14.5. The minimum Gasteiger partial charge on any atom is -0.486 e. The number of rotatable bonds is 6. The van der Waals surface area contributed by atoms with E-state index >= 15 is 0 Å². The fourth-order valence-electron chi connectivity index (χ4n) is 3.45. The second kappa shape index (κ2) is 10.4. The maximum Gasteiger partial charge on any atom is 0.280 e. The number of halogens is 7. The number of ether oxygens (including phenoxy) is 1. The number of non-ortho nitro benzene ring substituents is 1. The molecule has 0 radical (unpaired) electrons. The third-order valence-corrected chi connectivity index (χ3v) is 5.88. The number of hydrogen-bond donors (Lipinski definition) is 0. The molecule has 0 spiro atoms. The first-order valence-electron chi connectivity index (χ1n) is 10.4. The highest BCUT2D eigenvalue weighted by Gasteiger charge is 2.37. The highest BCUT2D eigenvalue weighted by Crippen LogP contribution is 2.37. The Hall–Kier alpha value is -4.03. The molecule has 1 heterocycles. The molecule has 0 unspecified atom stereocenters. The summed E-state index contributed by atoms with van der Waals surface area (Å²) in [5.41, 5.74) is -1.09. The van der Waals surface area contributed by atoms with Crippen LogP contribution < -0.4 is 9.75 Å². The molecule has 1 aliphatic rings. The van der Waals surface area contributed by atoms with Gasteiger partial charge >= 0.3 is 0 Å². The van der Waals surface area contributed by atoms with E-state index in [0.717, 1.165) is 0 Å². The molecule has 1 amide bonds. The van der Waals surface area contributed by atoms with Crippen molar-refractivity contribution >= 4 is 52.3 Å². The predicted molar refractivity (Wildman–Crippen MR) is 129 cm³/mol. The van der Waals surface area contributed by atoms with Gasteiger partial charge in [-0.15, -0.1) is 0 Å². The monoisotopic (exact) mass is 571 g/mol. The Bertz CT molecular complexity index is 1510. The summed E-state index contributed by atoms with van der Waals surface area (Å²) in [4.78, 5) is 23.1. The molecule has 1 aliphatic heterocycles. The van der Waals surface area contributed by atoms with Crippen LogP contribution in [0.2, 0.25) is 10.0 Å². The zero-order valence-electron chi connectivity index (χ0n) is 18.9. The van der Waals surface area contributed by atoms with Crippen molar-refractivity contribution in [1.82, 2.24) is 0 Å². The zero-order valence-corrected chi connectivity index (χ0v) is 20.4. The van der Waals surface area contributed by atoms with Crippen molar-refractivity contribution in [2.45, 2.75) is 13.5 Å². The molecule has 0 saturated carbocycles. The average molecular weight is 572 g/mol. The van der Waals surface area contributed by atoms with Crippen LogP contribution in [0.1, 0.15) is 18.1 Å². The number of nitro groups is 1. The minimum absolute atomic E-state index is 0.0166. The number of nitrogens with zero attached hydrogens (tertiary/aromatic N) is 3. The molecule has 3 aromatic rings. The minimum atomic E-state index is -2.37. The third-order valence-electron chi connectivity index (χ3n) is 5.32. The molecule has 0 atom stereocenters. The summed E-state index contributed by atoms with van der Waals surface area (Å²) in [5.74, 6) is -12.3. The standard InChI is InChI=1S/C24H12Cl2F5N3O4/c1-10-14(24(35)33(32-10)22-20(30)18(28)17(27)19(29)21(22)31)6-12-7-15(25)23(16(26)8-12)38-9-11-2-4-13(5-3-11)34(36)37/h2-8H,9H2,1H3/b14-6+. The van der Waals surface area contributed by atoms with Gasteiger partial charge in [0.2, 0.25) is 5.82 Å². The van der Waals surface area contributed by atoms with Gasteiger partial charge in [-0.25, -0.2) is 22.0 Å². The van der Waals surface area contributed by atoms with Gasteiger partial charge in [0, 0.05) is 12.1 Å². The summed E-state index contributed by atoms with van der Waals surface area (Å²) >= 11 is 12.5. The molecule has 0 saturated heterocycles. The summed E-state index contributed by atoms with van der Waals surface area (Å²) in [6.45, 7) is 1.26. The third kappa shape index (κ3) is 4.92. The highest BCUT2D eigenvalue weighted by atomic mass is 35.5. The van der Waals surface area contributed by atoms with Gasteiger partial charge in [0.05, 0.1) is 26.3 Å². The number of amides is 1. The second-order valence-electron chi connectivity index (χ2n) is 7.80. The molecule has 14 heteroatoms. The zero-order chi connectivity index (χ0) is 27.9. The SMILES string of the molecule is CC1=NN(c2c(F)c(F)c(F)c(F)c2F)C(=O)/C1=C/c1cc(Cl)c(OCc2ccc([N+](=O)[O-])cc2)c(Cl)c1. The number of anilines is 1. The summed E-state index contributed by atoms with van der Waals surface area (Å²) < 4.78 is 74.7. The Morgan fingerprint density at radius 1 is 0.974 bits per heavy atom. The van der Waals surface area contributed by atoms with Crippen molar-refractivity contribution < 1.29 is 36.4 Å². The number of benzene rings is 3. The van der Waals surface area contributed by atoms with Crippen molar-refractivity contribution in [3.05, 3.63) is 102 Å². The van der Waals surface area contributed by atoms with Crippen LogP contribution in [-0.2, 0) is 11.4 Å². The Morgan fingerprint density at radius 3 is 2.03 bits per heavy atom. The molecule has 0 N–H and O–H groups in total. The van der Waals surface area contributed by atoms with Crippen molar-refractivity contribution in [1.29, 1.82) is 0 Å². The molecule has 3 aromatic carbocycles. The Kier molecular flexibility index (Phi) is 7.38. The van der Waals surface area contributed by atoms with Crippen molar-refractivity contribution in [3.63, 3.8) is 0 Å². The van der Waals surface area contributed by atoms with Crippen LogP contribution >= 0.6 is 23.2 Å². The van der Waals surface area contributed by atoms with Crippen LogP contribution in [-0.4, -0.2) is 16.5 Å². The quantitative estimate of drug-likeness (QED) is 0.0797. The van der Waals surface area contributed by atoms with Crippen LogP contribution in [0.5, 0.6) is 5.75 Å². The smallest absolute Gasteiger partial charge is 0.280 e. The van der Waals surface area contributed by atoms with Gasteiger partial charge in [0.25, 0.3) is 11.6 Å². The number of carbonyl (C=O) groups is 1. The lowest BCUT2D eigenvalue weighted by Crippen LogP contribution is -2.25. The molecule has 0 fully saturated rings. The van der Waals surface area contributed by atoms with Gasteiger partial charge in [0.15, 0.2) is 29.0 Å². The van der Waals surface area contributed by atoms with Crippen LogP contribution in [0.3, 0.4) is 0 Å². The van der Waals surface area contributed by atoms with Crippen LogP contribution in [0.4, 0.5) is 33.3 Å². The molecule has 0 aliphatic carbocycles. The van der Waals surface area contributed by atoms with Crippen molar-refractivity contribution in [3.8, 4) is 5.75 Å². The van der Waals surface area contributed by atoms with E-state index in [2.05, 4.69) is 5.10 Å². The first-order chi connectivity index (χ1) is 17.9. The van der Waals surface area contributed by atoms with Gasteiger partial charge in [0.1, 0.15) is 12.3 Å². The average Bonchev–Trinajstić information content (AvgIpc) is 3.14. The molecule has 38 heavy (non-hydrogen) atoms. The number of hydrogen-bond acceptors (Lipinski definition) is 5. The molecule has 4 rings (SSSR count). The molecule has 196 valence electrons. The number of hydrazone groups is 1. The van der Waals surface area contributed by atoms with Gasteiger partial charge in [-0.05, 0) is 48.4 Å². The topological polar surface area (TPSA) is 85.0 Å². The van der Waals surface area contributed by atoms with Gasteiger partial charge < -0.3 is 4.74 Å². The first kappa shape index (κ1) is 27.0. The van der Waals surface area contributed by atoms with E-state index in [9.17, 15) is 36.9 Å². The lowest BCUT2D eigenvalue weighted by Gasteiger charge is -2.15. The predicted octanol–water partition coefficient (Wildman–Crippen LogP) is 6.98. The van der Waals surface area contributed by atoms with E-state index in [0.29, 0.717) is 5.56 Å². The van der Waals surface area contributed by atoms with E-state index in [1.165, 1.54) is 49.4 Å². The molecule has 0 aromatic heterocycles. The fourth-order valence-corrected chi connectivity index (χ4v) is 4.06. The molecular formula is C24H12Cl2F5N3O4. The van der Waals surface area contributed by atoms with E-state index in [4.69, 9.17) is 27.9 Å². The second-order valence-corrected chi connectivity index (χ2v) is 8.62. The molecule has 7 nitrogen and oxygen atoms in total. The van der Waals surface area contributed by atoms with Crippen LogP contribution in [0.25, 0.3) is 6.08 Å². The summed E-state index contributed by atoms with van der Waals surface area (Å²) in [7, 11) is 0. The lowest BCUT2D eigenvalue weighted by atomic mass is 10.1. The van der Waals surface area contributed by atoms with E-state index in [-0.39, 0.29) is 49.9 Å². The van der Waals surface area contributed by atoms with E-state index < -0.39 is 45.6 Å². The maximum atomic E-state index is 14.2. The van der Waals surface area contributed by atoms with Crippen molar-refractivity contribution in [2.75, 3.05) is 5.01 Å². The molecule has 0 bridgehead atoms. The fraction of sp³-hybridized carbons (Fsp3) is 0.0833. The number of nitro benzene ring substituents is 1. The van der Waals surface area contributed by atoms with Gasteiger partial charge in [-0.3, -0.25) is 14.9 Å². The summed E-state index contributed by atoms with van der Waals surface area (Å²) in [6.07, 6.45) is 1.21. The maximum absolute atomic E-state index is 14.2. The Balaban J connectivity index is 1.59. The van der Waals surface area contributed by atoms with Crippen LogP contribution in [0.15, 0.2) is 47.1 Å². The van der Waals surface area contributed by atoms with Crippen molar-refractivity contribution in [2.24, 2.45) is 5.10 Å². The Labute approximate surface area is 220 Å². The van der Waals surface area contributed by atoms with Gasteiger partial charge in [-0.1, -0.05) is 23.2 Å². The van der Waals surface area contributed by atoms with Crippen LogP contribution in [0, 0.1) is 39.2 Å². The normalized spacial score (nSPS) is 14.3. The Morgan fingerprint density at radius 2 is 1.50 bits per heavy atom. The number of carbonyl (C=O) groups excluding carboxylic acids is 1. The highest BCUT2D eigenvalue weighted by molar-refractivity contribution is 6.37. The first-order valence-corrected chi connectivity index (χ1v) is 11.1. The van der Waals surface area contributed by atoms with E-state index in [1.54, 1.807) is 0 Å². The lowest BCUT2D eigenvalue weighted by molar-refractivity contribution is -0.384. The van der Waals surface area contributed by atoms with Gasteiger partial charge in [-0.2, -0.15) is 10.1 Å². The van der Waals surface area contributed by atoms with E-state index in [1.807, 2.05) is 0 Å². The molecular weight excluding hydrogens is 560 g/mol. The summed E-state index contributed by atoms with van der Waals surface area (Å²) in [6, 6.07) is 8.29.